The lowest BCUT2D eigenvalue weighted by Crippen LogP contribution is -2.17. The highest BCUT2D eigenvalue weighted by Gasteiger charge is 2.17. The largest absolute Gasteiger partial charge is 0.379 e. The summed E-state index contributed by atoms with van der Waals surface area (Å²) in [6.45, 7) is 1.35. The van der Waals surface area contributed by atoms with E-state index in [0.717, 1.165) is 0 Å². The zero-order valence-electron chi connectivity index (χ0n) is 17.1. The maximum atomic E-state index is 12.5. The molecule has 0 aromatic heterocycles. The SMILES string of the molecule is CC(=O)Nc1ccc(S(=O)(=O)Oc2cccc(/C=N\NC(=O)c3ccc(Cl)c(Cl)c3)c2)cc1. The molecule has 0 heterocycles. The summed E-state index contributed by atoms with van der Waals surface area (Å²) in [4.78, 5) is 23.1. The van der Waals surface area contributed by atoms with Gasteiger partial charge in [-0.05, 0) is 60.2 Å². The molecule has 3 aromatic rings. The van der Waals surface area contributed by atoms with Gasteiger partial charge in [0.05, 0.1) is 16.3 Å². The second-order valence-electron chi connectivity index (χ2n) is 6.64. The van der Waals surface area contributed by atoms with Crippen LogP contribution < -0.4 is 14.9 Å². The zero-order chi connectivity index (χ0) is 24.0. The molecule has 0 spiro atoms. The van der Waals surface area contributed by atoms with Crippen LogP contribution >= 0.6 is 23.2 Å². The van der Waals surface area contributed by atoms with E-state index in [4.69, 9.17) is 27.4 Å². The molecule has 0 unspecified atom stereocenters. The number of nitrogens with zero attached hydrogens (tertiary/aromatic N) is 1. The van der Waals surface area contributed by atoms with Crippen LogP contribution in [0.1, 0.15) is 22.8 Å². The molecule has 3 aromatic carbocycles. The Morgan fingerprint density at radius 1 is 0.970 bits per heavy atom. The van der Waals surface area contributed by atoms with Gasteiger partial charge < -0.3 is 9.50 Å². The lowest BCUT2D eigenvalue weighted by atomic mass is 10.2. The van der Waals surface area contributed by atoms with Crippen LogP contribution in [0.4, 0.5) is 5.69 Å². The summed E-state index contributed by atoms with van der Waals surface area (Å²) in [6.07, 6.45) is 1.33. The molecule has 3 rings (SSSR count). The van der Waals surface area contributed by atoms with Crippen molar-refractivity contribution >= 4 is 57.0 Å². The molecule has 0 saturated heterocycles. The standard InChI is InChI=1S/C22H17Cl2N3O5S/c1-14(28)26-17-6-8-19(9-7-17)33(30,31)32-18-4-2-3-15(11-18)13-25-27-22(29)16-5-10-20(23)21(24)12-16/h2-13H,1H3,(H,26,28)(H,27,29)/b25-13-. The van der Waals surface area contributed by atoms with Gasteiger partial charge in [-0.15, -0.1) is 0 Å². The number of carbonyl (C=O) groups excluding carboxylic acids is 2. The minimum atomic E-state index is -4.10. The van der Waals surface area contributed by atoms with E-state index in [-0.39, 0.29) is 27.1 Å². The van der Waals surface area contributed by atoms with Crippen molar-refractivity contribution in [2.45, 2.75) is 11.8 Å². The van der Waals surface area contributed by atoms with Crippen molar-refractivity contribution in [1.29, 1.82) is 0 Å². The summed E-state index contributed by atoms with van der Waals surface area (Å²) in [5, 5.41) is 6.98. The van der Waals surface area contributed by atoms with Crippen LogP contribution in [0.15, 0.2) is 76.7 Å². The molecule has 0 saturated carbocycles. The van der Waals surface area contributed by atoms with Crippen LogP contribution in [0.25, 0.3) is 0 Å². The number of hydrogen-bond acceptors (Lipinski definition) is 6. The molecule has 0 radical (unpaired) electrons. The maximum absolute atomic E-state index is 12.5. The van der Waals surface area contributed by atoms with Crippen LogP contribution in [0.3, 0.4) is 0 Å². The second kappa shape index (κ2) is 10.5. The fourth-order valence-electron chi connectivity index (χ4n) is 2.60. The Morgan fingerprint density at radius 2 is 1.70 bits per heavy atom. The average molecular weight is 506 g/mol. The van der Waals surface area contributed by atoms with Crippen molar-refractivity contribution in [3.05, 3.63) is 87.9 Å². The Morgan fingerprint density at radius 3 is 2.36 bits per heavy atom. The van der Waals surface area contributed by atoms with E-state index >= 15 is 0 Å². The summed E-state index contributed by atoms with van der Waals surface area (Å²) in [6, 6.07) is 16.1. The first-order valence-corrected chi connectivity index (χ1v) is 11.5. The van der Waals surface area contributed by atoms with Crippen LogP contribution in [0.5, 0.6) is 5.75 Å². The monoisotopic (exact) mass is 505 g/mol. The molecule has 0 aliphatic heterocycles. The number of hydrazone groups is 1. The lowest BCUT2D eigenvalue weighted by Gasteiger charge is -2.08. The molecule has 11 heteroatoms. The maximum Gasteiger partial charge on any atom is 0.339 e. The van der Waals surface area contributed by atoms with Gasteiger partial charge in [-0.3, -0.25) is 9.59 Å². The summed E-state index contributed by atoms with van der Waals surface area (Å²) in [5.41, 5.74) is 3.56. The molecule has 33 heavy (non-hydrogen) atoms. The molecule has 170 valence electrons. The van der Waals surface area contributed by atoms with Crippen molar-refractivity contribution in [2.24, 2.45) is 5.10 Å². The Balaban J connectivity index is 1.66. The fraction of sp³-hybridized carbons (Fsp3) is 0.0455. The van der Waals surface area contributed by atoms with E-state index in [1.165, 1.54) is 67.7 Å². The predicted molar refractivity (Wildman–Crippen MR) is 127 cm³/mol. The van der Waals surface area contributed by atoms with Gasteiger partial charge in [0, 0.05) is 18.2 Å². The van der Waals surface area contributed by atoms with E-state index in [0.29, 0.717) is 16.3 Å². The summed E-state index contributed by atoms with van der Waals surface area (Å²) >= 11 is 11.7. The highest BCUT2D eigenvalue weighted by Crippen LogP contribution is 2.23. The van der Waals surface area contributed by atoms with E-state index in [9.17, 15) is 18.0 Å². The molecule has 8 nitrogen and oxygen atoms in total. The van der Waals surface area contributed by atoms with Crippen LogP contribution in [0, 0.1) is 0 Å². The van der Waals surface area contributed by atoms with E-state index in [1.54, 1.807) is 12.1 Å². The van der Waals surface area contributed by atoms with Gasteiger partial charge in [-0.2, -0.15) is 13.5 Å². The van der Waals surface area contributed by atoms with E-state index in [2.05, 4.69) is 15.8 Å². The van der Waals surface area contributed by atoms with Crippen molar-refractivity contribution in [2.75, 3.05) is 5.32 Å². The van der Waals surface area contributed by atoms with Gasteiger partial charge in [0.25, 0.3) is 5.91 Å². The molecule has 0 bridgehead atoms. The highest BCUT2D eigenvalue weighted by atomic mass is 35.5. The van der Waals surface area contributed by atoms with Crippen molar-refractivity contribution in [3.63, 3.8) is 0 Å². The van der Waals surface area contributed by atoms with Crippen molar-refractivity contribution in [3.8, 4) is 5.75 Å². The topological polar surface area (TPSA) is 114 Å². The summed E-state index contributed by atoms with van der Waals surface area (Å²) in [5.74, 6) is -0.711. The van der Waals surface area contributed by atoms with Gasteiger partial charge >= 0.3 is 10.1 Å². The molecule has 0 aliphatic rings. The van der Waals surface area contributed by atoms with Gasteiger partial charge in [0.2, 0.25) is 5.91 Å². The molecule has 2 amide bonds. The fourth-order valence-corrected chi connectivity index (χ4v) is 3.82. The van der Waals surface area contributed by atoms with E-state index < -0.39 is 16.0 Å². The van der Waals surface area contributed by atoms with Gasteiger partial charge in [-0.25, -0.2) is 5.43 Å². The smallest absolute Gasteiger partial charge is 0.339 e. The molecule has 0 atom stereocenters. The quantitative estimate of drug-likeness (QED) is 0.279. The first-order chi connectivity index (χ1) is 15.6. The first-order valence-electron chi connectivity index (χ1n) is 9.35. The number of rotatable bonds is 7. The van der Waals surface area contributed by atoms with Crippen molar-refractivity contribution < 1.29 is 22.2 Å². The molecular formula is C22H17Cl2N3O5S. The third-order valence-electron chi connectivity index (χ3n) is 4.09. The van der Waals surface area contributed by atoms with Crippen LogP contribution in [0.2, 0.25) is 10.0 Å². The van der Waals surface area contributed by atoms with Gasteiger partial charge in [0.1, 0.15) is 10.6 Å². The third-order valence-corrected chi connectivity index (χ3v) is 6.09. The number of anilines is 1. The number of hydrogen-bond donors (Lipinski definition) is 2. The average Bonchev–Trinajstić information content (AvgIpc) is 2.75. The molecule has 0 aliphatic carbocycles. The van der Waals surface area contributed by atoms with Crippen molar-refractivity contribution in [1.82, 2.24) is 5.43 Å². The summed E-state index contributed by atoms with van der Waals surface area (Å²) < 4.78 is 30.3. The number of amides is 2. The van der Waals surface area contributed by atoms with Crippen LogP contribution in [-0.2, 0) is 14.9 Å². The predicted octanol–water partition coefficient (Wildman–Crippen LogP) is 4.48. The Hall–Kier alpha value is -3.40. The van der Waals surface area contributed by atoms with Gasteiger partial charge in [-0.1, -0.05) is 35.3 Å². The highest BCUT2D eigenvalue weighted by molar-refractivity contribution is 7.87. The summed E-state index contributed by atoms with van der Waals surface area (Å²) in [7, 11) is -4.10. The van der Waals surface area contributed by atoms with E-state index in [1.807, 2.05) is 0 Å². The normalized spacial score (nSPS) is 11.2. The Kier molecular flexibility index (Phi) is 7.70. The third kappa shape index (κ3) is 6.79. The van der Waals surface area contributed by atoms with Gasteiger partial charge in [0.15, 0.2) is 0 Å². The minimum Gasteiger partial charge on any atom is -0.379 e. The minimum absolute atomic E-state index is 0.0562. The number of nitrogens with one attached hydrogen (secondary N) is 2. The number of halogens is 2. The zero-order valence-corrected chi connectivity index (χ0v) is 19.4. The Bertz CT molecular complexity index is 1330. The lowest BCUT2D eigenvalue weighted by molar-refractivity contribution is -0.114. The van der Waals surface area contributed by atoms with Crippen LogP contribution in [-0.4, -0.2) is 26.4 Å². The molecule has 0 fully saturated rings. The Labute approximate surface area is 200 Å². The molecule has 2 N–H and O–H groups in total. The molecular weight excluding hydrogens is 489 g/mol. The number of carbonyl (C=O) groups is 2. The number of benzene rings is 3. The first kappa shape index (κ1) is 24.2. The second-order valence-corrected chi connectivity index (χ2v) is 9.00.